The van der Waals surface area contributed by atoms with Crippen molar-refractivity contribution in [3.05, 3.63) is 17.5 Å². The van der Waals surface area contributed by atoms with Crippen molar-refractivity contribution in [3.63, 3.8) is 0 Å². The molecule has 3 heterocycles. The number of carbonyl (C=O) groups is 1. The van der Waals surface area contributed by atoms with Gasteiger partial charge in [-0.2, -0.15) is 5.10 Å². The molecule has 0 unspecified atom stereocenters. The van der Waals surface area contributed by atoms with Gasteiger partial charge in [0.1, 0.15) is 5.69 Å². The highest BCUT2D eigenvalue weighted by molar-refractivity contribution is 5.92. The summed E-state index contributed by atoms with van der Waals surface area (Å²) in [6.07, 6.45) is 4.97. The Morgan fingerprint density at radius 3 is 2.65 bits per heavy atom. The van der Waals surface area contributed by atoms with Gasteiger partial charge in [-0.15, -0.1) is 0 Å². The Morgan fingerprint density at radius 2 is 2.08 bits per heavy atom. The maximum absolute atomic E-state index is 12.8. The Labute approximate surface area is 156 Å². The minimum absolute atomic E-state index is 0.0793. The lowest BCUT2D eigenvalue weighted by Crippen LogP contribution is -2.57. The van der Waals surface area contributed by atoms with Gasteiger partial charge in [0.05, 0.1) is 0 Å². The van der Waals surface area contributed by atoms with E-state index in [4.69, 9.17) is 9.47 Å². The number of aryl methyl sites for hydroxylation is 2. The molecule has 0 aromatic carbocycles. The zero-order valence-electron chi connectivity index (χ0n) is 16.3. The second-order valence-corrected chi connectivity index (χ2v) is 7.65. The Hall–Kier alpha value is -1.44. The number of likely N-dealkylation sites (tertiary alicyclic amines) is 1. The van der Waals surface area contributed by atoms with Crippen LogP contribution in [0, 0.1) is 6.92 Å². The van der Waals surface area contributed by atoms with Crippen LogP contribution in [0.4, 0.5) is 0 Å². The van der Waals surface area contributed by atoms with E-state index < -0.39 is 0 Å². The number of nitrogens with one attached hydrogen (secondary N) is 1. The number of nitrogens with zero attached hydrogens (tertiary/aromatic N) is 3. The molecule has 146 valence electrons. The quantitative estimate of drug-likeness (QED) is 0.829. The molecular formula is C19H32N4O3. The fraction of sp³-hybridized carbons (Fsp3) is 0.789. The van der Waals surface area contributed by atoms with Crippen LogP contribution in [0.5, 0.6) is 0 Å². The molecule has 7 nitrogen and oxygen atoms in total. The van der Waals surface area contributed by atoms with E-state index in [-0.39, 0.29) is 11.4 Å². The molecule has 1 N–H and O–H groups in total. The highest BCUT2D eigenvalue weighted by Gasteiger charge is 2.38. The Bertz CT molecular complexity index is 582. The number of rotatable bonds is 6. The first-order valence-corrected chi connectivity index (χ1v) is 9.67. The van der Waals surface area contributed by atoms with Crippen molar-refractivity contribution in [3.8, 4) is 0 Å². The monoisotopic (exact) mass is 364 g/mol. The molecule has 0 bridgehead atoms. The maximum atomic E-state index is 12.8. The molecule has 0 atom stereocenters. The standard InChI is InChI=1S/C19H32N4O3/c1-15-14-17(21-22(15)2)18(24)20-19(8-13-25-3)6-9-23(10-7-19)16-4-11-26-12-5-16/h14,16H,4-13H2,1-3H3,(H,20,24). The van der Waals surface area contributed by atoms with E-state index in [1.165, 1.54) is 0 Å². The maximum Gasteiger partial charge on any atom is 0.272 e. The van der Waals surface area contributed by atoms with Crippen LogP contribution >= 0.6 is 0 Å². The van der Waals surface area contributed by atoms with Gasteiger partial charge in [-0.25, -0.2) is 0 Å². The Balaban J connectivity index is 1.64. The molecule has 1 aromatic rings. The lowest BCUT2D eigenvalue weighted by molar-refractivity contribution is 0.00964. The molecule has 2 fully saturated rings. The minimum Gasteiger partial charge on any atom is -0.385 e. The molecule has 7 heteroatoms. The number of piperidine rings is 1. The fourth-order valence-electron chi connectivity index (χ4n) is 4.08. The molecule has 0 saturated carbocycles. The summed E-state index contributed by atoms with van der Waals surface area (Å²) in [5.41, 5.74) is 1.27. The number of carbonyl (C=O) groups excluding carboxylic acids is 1. The average Bonchev–Trinajstić information content (AvgIpc) is 3.00. The predicted octanol–water partition coefficient (Wildman–Crippen LogP) is 1.51. The molecular weight excluding hydrogens is 332 g/mol. The second-order valence-electron chi connectivity index (χ2n) is 7.65. The molecule has 1 amide bonds. The number of aromatic nitrogens is 2. The third kappa shape index (κ3) is 4.45. The molecule has 0 radical (unpaired) electrons. The minimum atomic E-state index is -0.208. The van der Waals surface area contributed by atoms with Crippen LogP contribution in [-0.4, -0.2) is 72.2 Å². The summed E-state index contributed by atoms with van der Waals surface area (Å²) in [4.78, 5) is 15.3. The third-order valence-corrected chi connectivity index (χ3v) is 5.97. The van der Waals surface area contributed by atoms with E-state index in [0.29, 0.717) is 18.3 Å². The molecule has 3 rings (SSSR count). The molecule has 0 aliphatic carbocycles. The van der Waals surface area contributed by atoms with E-state index in [2.05, 4.69) is 15.3 Å². The topological polar surface area (TPSA) is 68.6 Å². The largest absolute Gasteiger partial charge is 0.385 e. The van der Waals surface area contributed by atoms with E-state index in [1.54, 1.807) is 11.8 Å². The smallest absolute Gasteiger partial charge is 0.272 e. The van der Waals surface area contributed by atoms with Gasteiger partial charge < -0.3 is 19.7 Å². The van der Waals surface area contributed by atoms with E-state index in [0.717, 1.165) is 64.1 Å². The van der Waals surface area contributed by atoms with Crippen LogP contribution in [0.25, 0.3) is 0 Å². The highest BCUT2D eigenvalue weighted by Crippen LogP contribution is 2.29. The predicted molar refractivity (Wildman–Crippen MR) is 99.3 cm³/mol. The summed E-state index contributed by atoms with van der Waals surface area (Å²) in [5, 5.41) is 7.63. The molecule has 2 saturated heterocycles. The third-order valence-electron chi connectivity index (χ3n) is 5.97. The Kier molecular flexibility index (Phi) is 6.32. The van der Waals surface area contributed by atoms with Gasteiger partial charge in [0, 0.05) is 64.3 Å². The summed E-state index contributed by atoms with van der Waals surface area (Å²) in [6.45, 7) is 6.36. The summed E-state index contributed by atoms with van der Waals surface area (Å²) in [6, 6.07) is 2.47. The van der Waals surface area contributed by atoms with Gasteiger partial charge >= 0.3 is 0 Å². The lowest BCUT2D eigenvalue weighted by atomic mass is 9.83. The van der Waals surface area contributed by atoms with Crippen LogP contribution in [0.2, 0.25) is 0 Å². The van der Waals surface area contributed by atoms with Gasteiger partial charge in [0.2, 0.25) is 0 Å². The zero-order chi connectivity index (χ0) is 18.6. The van der Waals surface area contributed by atoms with Crippen molar-refractivity contribution in [1.29, 1.82) is 0 Å². The van der Waals surface area contributed by atoms with Crippen LogP contribution in [-0.2, 0) is 16.5 Å². The highest BCUT2D eigenvalue weighted by atomic mass is 16.5. The number of hydrogen-bond donors (Lipinski definition) is 1. The van der Waals surface area contributed by atoms with Gasteiger partial charge in [-0.05, 0) is 45.1 Å². The zero-order valence-corrected chi connectivity index (χ0v) is 16.3. The van der Waals surface area contributed by atoms with E-state index in [9.17, 15) is 4.79 Å². The summed E-state index contributed by atoms with van der Waals surface area (Å²) >= 11 is 0. The molecule has 26 heavy (non-hydrogen) atoms. The average molecular weight is 364 g/mol. The van der Waals surface area contributed by atoms with Crippen LogP contribution in [0.15, 0.2) is 6.07 Å². The fourth-order valence-corrected chi connectivity index (χ4v) is 4.08. The van der Waals surface area contributed by atoms with Crippen molar-refractivity contribution in [2.24, 2.45) is 7.05 Å². The van der Waals surface area contributed by atoms with E-state index >= 15 is 0 Å². The first-order valence-electron chi connectivity index (χ1n) is 9.67. The number of hydrogen-bond acceptors (Lipinski definition) is 5. The molecule has 1 aromatic heterocycles. The van der Waals surface area contributed by atoms with Crippen LogP contribution in [0.1, 0.15) is 48.3 Å². The normalized spacial score (nSPS) is 21.7. The first-order chi connectivity index (χ1) is 12.5. The van der Waals surface area contributed by atoms with Gasteiger partial charge in [-0.3, -0.25) is 9.48 Å². The van der Waals surface area contributed by atoms with Crippen molar-refractivity contribution < 1.29 is 14.3 Å². The molecule has 0 spiro atoms. The van der Waals surface area contributed by atoms with Gasteiger partial charge in [-0.1, -0.05) is 0 Å². The number of ether oxygens (including phenoxy) is 2. The first kappa shape index (κ1) is 19.3. The number of methoxy groups -OCH3 is 1. The van der Waals surface area contributed by atoms with Crippen molar-refractivity contribution in [1.82, 2.24) is 20.0 Å². The van der Waals surface area contributed by atoms with Gasteiger partial charge in [0.25, 0.3) is 5.91 Å². The van der Waals surface area contributed by atoms with Crippen molar-refractivity contribution >= 4 is 5.91 Å². The summed E-state index contributed by atoms with van der Waals surface area (Å²) in [7, 11) is 3.58. The lowest BCUT2D eigenvalue weighted by Gasteiger charge is -2.45. The molecule has 2 aliphatic rings. The SMILES string of the molecule is COCCC1(NC(=O)c2cc(C)n(C)n2)CCN(C2CCOCC2)CC1. The Morgan fingerprint density at radius 1 is 1.38 bits per heavy atom. The second kappa shape index (κ2) is 8.50. The summed E-state index contributed by atoms with van der Waals surface area (Å²) in [5.74, 6) is -0.0793. The number of amides is 1. The van der Waals surface area contributed by atoms with E-state index in [1.807, 2.05) is 20.0 Å². The van der Waals surface area contributed by atoms with Crippen molar-refractivity contribution in [2.75, 3.05) is 40.0 Å². The van der Waals surface area contributed by atoms with Crippen molar-refractivity contribution in [2.45, 2.75) is 50.6 Å². The summed E-state index contributed by atoms with van der Waals surface area (Å²) < 4.78 is 12.6. The molecule has 2 aliphatic heterocycles. The van der Waals surface area contributed by atoms with Gasteiger partial charge in [0.15, 0.2) is 0 Å². The van der Waals surface area contributed by atoms with Crippen LogP contribution in [0.3, 0.4) is 0 Å². The van der Waals surface area contributed by atoms with Crippen LogP contribution < -0.4 is 5.32 Å².